The molecular formula is C13H18FNO. The van der Waals surface area contributed by atoms with Crippen molar-refractivity contribution < 1.29 is 9.13 Å². The minimum absolute atomic E-state index is 0.162. The highest BCUT2D eigenvalue weighted by Crippen LogP contribution is 2.24. The third-order valence-electron chi connectivity index (χ3n) is 3.13. The molecule has 0 N–H and O–H groups in total. The predicted octanol–water partition coefficient (Wildman–Crippen LogP) is 2.82. The van der Waals surface area contributed by atoms with Crippen molar-refractivity contribution in [3.05, 3.63) is 29.6 Å². The SMILES string of the molecule is COc1cccc(F)c1CN1CCCCC1. The maximum absolute atomic E-state index is 13.7. The molecule has 0 bridgehead atoms. The Morgan fingerprint density at radius 1 is 1.25 bits per heavy atom. The second-order valence-corrected chi connectivity index (χ2v) is 4.26. The highest BCUT2D eigenvalue weighted by Gasteiger charge is 2.15. The number of ether oxygens (including phenoxy) is 1. The molecule has 16 heavy (non-hydrogen) atoms. The molecule has 0 unspecified atom stereocenters. The van der Waals surface area contributed by atoms with E-state index in [0.717, 1.165) is 13.1 Å². The molecule has 0 aliphatic carbocycles. The number of hydrogen-bond acceptors (Lipinski definition) is 2. The summed E-state index contributed by atoms with van der Waals surface area (Å²) in [4.78, 5) is 2.30. The Bertz CT molecular complexity index is 348. The fourth-order valence-corrected chi connectivity index (χ4v) is 2.22. The second kappa shape index (κ2) is 5.30. The van der Waals surface area contributed by atoms with Gasteiger partial charge in [0.05, 0.1) is 7.11 Å². The van der Waals surface area contributed by atoms with Crippen molar-refractivity contribution in [2.45, 2.75) is 25.8 Å². The molecule has 2 nitrogen and oxygen atoms in total. The van der Waals surface area contributed by atoms with Crippen LogP contribution in [0.2, 0.25) is 0 Å². The predicted molar refractivity (Wildman–Crippen MR) is 62.1 cm³/mol. The third-order valence-corrected chi connectivity index (χ3v) is 3.13. The van der Waals surface area contributed by atoms with Crippen LogP contribution in [0.15, 0.2) is 18.2 Å². The van der Waals surface area contributed by atoms with E-state index >= 15 is 0 Å². The Balaban J connectivity index is 2.12. The van der Waals surface area contributed by atoms with Gasteiger partial charge in [0.15, 0.2) is 0 Å². The van der Waals surface area contributed by atoms with Crippen LogP contribution in [0.4, 0.5) is 4.39 Å². The molecule has 0 radical (unpaired) electrons. The zero-order chi connectivity index (χ0) is 11.4. The summed E-state index contributed by atoms with van der Waals surface area (Å²) in [5.74, 6) is 0.496. The van der Waals surface area contributed by atoms with Gasteiger partial charge in [-0.25, -0.2) is 4.39 Å². The lowest BCUT2D eigenvalue weighted by Gasteiger charge is -2.27. The van der Waals surface area contributed by atoms with Gasteiger partial charge in [-0.3, -0.25) is 4.90 Å². The summed E-state index contributed by atoms with van der Waals surface area (Å²) < 4.78 is 18.9. The zero-order valence-corrected chi connectivity index (χ0v) is 9.71. The topological polar surface area (TPSA) is 12.5 Å². The average molecular weight is 223 g/mol. The Kier molecular flexibility index (Phi) is 3.78. The third kappa shape index (κ3) is 2.53. The molecule has 1 aromatic rings. The number of nitrogens with zero attached hydrogens (tertiary/aromatic N) is 1. The van der Waals surface area contributed by atoms with Gasteiger partial charge in [-0.05, 0) is 38.1 Å². The van der Waals surface area contributed by atoms with Crippen molar-refractivity contribution >= 4 is 0 Å². The summed E-state index contributed by atoms with van der Waals surface area (Å²) in [7, 11) is 1.59. The zero-order valence-electron chi connectivity index (χ0n) is 9.71. The van der Waals surface area contributed by atoms with Gasteiger partial charge in [-0.1, -0.05) is 12.5 Å². The summed E-state index contributed by atoms with van der Waals surface area (Å²) in [5.41, 5.74) is 0.687. The molecule has 1 aromatic carbocycles. The number of benzene rings is 1. The molecule has 0 saturated carbocycles. The van der Waals surface area contributed by atoms with E-state index < -0.39 is 0 Å². The first-order valence-corrected chi connectivity index (χ1v) is 5.85. The molecule has 1 fully saturated rings. The van der Waals surface area contributed by atoms with E-state index in [4.69, 9.17) is 4.74 Å². The molecule has 3 heteroatoms. The number of hydrogen-bond donors (Lipinski definition) is 0. The minimum Gasteiger partial charge on any atom is -0.496 e. The van der Waals surface area contributed by atoms with Crippen molar-refractivity contribution in [2.24, 2.45) is 0 Å². The van der Waals surface area contributed by atoms with E-state index in [9.17, 15) is 4.39 Å². The van der Waals surface area contributed by atoms with Crippen LogP contribution in [0.1, 0.15) is 24.8 Å². The summed E-state index contributed by atoms with van der Waals surface area (Å²) in [6, 6.07) is 5.01. The van der Waals surface area contributed by atoms with Gasteiger partial charge in [-0.2, -0.15) is 0 Å². The van der Waals surface area contributed by atoms with Gasteiger partial charge in [-0.15, -0.1) is 0 Å². The fraction of sp³-hybridized carbons (Fsp3) is 0.538. The van der Waals surface area contributed by atoms with Crippen LogP contribution in [-0.4, -0.2) is 25.1 Å². The van der Waals surface area contributed by atoms with E-state index in [0.29, 0.717) is 17.9 Å². The van der Waals surface area contributed by atoms with Crippen molar-refractivity contribution in [1.82, 2.24) is 4.90 Å². The van der Waals surface area contributed by atoms with E-state index in [1.54, 1.807) is 13.2 Å². The van der Waals surface area contributed by atoms with Crippen molar-refractivity contribution in [3.8, 4) is 5.75 Å². The Morgan fingerprint density at radius 2 is 2.00 bits per heavy atom. The number of methoxy groups -OCH3 is 1. The van der Waals surface area contributed by atoms with Crippen LogP contribution in [0, 0.1) is 5.82 Å². The second-order valence-electron chi connectivity index (χ2n) is 4.26. The van der Waals surface area contributed by atoms with Crippen LogP contribution in [0.5, 0.6) is 5.75 Å². The number of halogens is 1. The highest BCUT2D eigenvalue weighted by atomic mass is 19.1. The summed E-state index contributed by atoms with van der Waals surface area (Å²) in [6.45, 7) is 2.80. The molecule has 1 heterocycles. The molecule has 1 aliphatic rings. The van der Waals surface area contributed by atoms with E-state index in [1.807, 2.05) is 6.07 Å². The van der Waals surface area contributed by atoms with Gasteiger partial charge < -0.3 is 4.74 Å². The van der Waals surface area contributed by atoms with Crippen LogP contribution in [0.25, 0.3) is 0 Å². The van der Waals surface area contributed by atoms with Gasteiger partial charge in [0.1, 0.15) is 11.6 Å². The highest BCUT2D eigenvalue weighted by molar-refractivity contribution is 5.34. The molecule has 2 rings (SSSR count). The summed E-state index contributed by atoms with van der Waals surface area (Å²) in [5, 5.41) is 0. The maximum atomic E-state index is 13.7. The Hall–Kier alpha value is -1.09. The largest absolute Gasteiger partial charge is 0.496 e. The number of rotatable bonds is 3. The van der Waals surface area contributed by atoms with Crippen molar-refractivity contribution in [2.75, 3.05) is 20.2 Å². The molecule has 1 aliphatic heterocycles. The first kappa shape index (κ1) is 11.4. The Morgan fingerprint density at radius 3 is 2.69 bits per heavy atom. The fourth-order valence-electron chi connectivity index (χ4n) is 2.22. The van der Waals surface area contributed by atoms with Crippen LogP contribution < -0.4 is 4.74 Å². The number of likely N-dealkylation sites (tertiary alicyclic amines) is 1. The van der Waals surface area contributed by atoms with Gasteiger partial charge in [0, 0.05) is 12.1 Å². The lowest BCUT2D eigenvalue weighted by atomic mass is 10.1. The smallest absolute Gasteiger partial charge is 0.131 e. The average Bonchev–Trinajstić information content (AvgIpc) is 2.33. The first-order valence-electron chi connectivity index (χ1n) is 5.85. The molecule has 0 spiro atoms. The molecule has 0 aromatic heterocycles. The quantitative estimate of drug-likeness (QED) is 0.781. The van der Waals surface area contributed by atoms with Gasteiger partial charge in [0.25, 0.3) is 0 Å². The van der Waals surface area contributed by atoms with E-state index in [2.05, 4.69) is 4.90 Å². The van der Waals surface area contributed by atoms with Crippen LogP contribution >= 0.6 is 0 Å². The number of piperidine rings is 1. The normalized spacial score (nSPS) is 17.4. The lowest BCUT2D eigenvalue weighted by molar-refractivity contribution is 0.215. The summed E-state index contributed by atoms with van der Waals surface area (Å²) in [6.07, 6.45) is 3.73. The first-order chi connectivity index (χ1) is 7.81. The standard InChI is InChI=1S/C13H18FNO/c1-16-13-7-5-6-12(14)11(13)10-15-8-3-2-4-9-15/h5-7H,2-4,8-10H2,1H3. The van der Waals surface area contributed by atoms with Gasteiger partial charge >= 0.3 is 0 Å². The van der Waals surface area contributed by atoms with Crippen LogP contribution in [0.3, 0.4) is 0 Å². The monoisotopic (exact) mass is 223 g/mol. The van der Waals surface area contributed by atoms with E-state index in [1.165, 1.54) is 25.3 Å². The molecule has 1 saturated heterocycles. The molecule has 0 amide bonds. The van der Waals surface area contributed by atoms with Crippen LogP contribution in [-0.2, 0) is 6.54 Å². The molecule has 0 atom stereocenters. The van der Waals surface area contributed by atoms with Crippen molar-refractivity contribution in [1.29, 1.82) is 0 Å². The molecule has 88 valence electrons. The Labute approximate surface area is 96.0 Å². The lowest BCUT2D eigenvalue weighted by Crippen LogP contribution is -2.29. The van der Waals surface area contributed by atoms with E-state index in [-0.39, 0.29) is 5.82 Å². The summed E-state index contributed by atoms with van der Waals surface area (Å²) >= 11 is 0. The maximum Gasteiger partial charge on any atom is 0.131 e. The molecular weight excluding hydrogens is 205 g/mol. The minimum atomic E-state index is -0.162. The van der Waals surface area contributed by atoms with Gasteiger partial charge in [0.2, 0.25) is 0 Å². The van der Waals surface area contributed by atoms with Crippen molar-refractivity contribution in [3.63, 3.8) is 0 Å².